The molecule has 0 spiro atoms. The van der Waals surface area contributed by atoms with Crippen LogP contribution in [0.5, 0.6) is 0 Å². The van der Waals surface area contributed by atoms with E-state index in [1.165, 1.54) is 6.20 Å². The highest BCUT2D eigenvalue weighted by Gasteiger charge is 2.13. The van der Waals surface area contributed by atoms with Gasteiger partial charge >= 0.3 is 0 Å². The van der Waals surface area contributed by atoms with E-state index >= 15 is 0 Å². The molecule has 0 amide bonds. The zero-order chi connectivity index (χ0) is 13.0. The fourth-order valence-electron chi connectivity index (χ4n) is 1.53. The van der Waals surface area contributed by atoms with Crippen LogP contribution in [0.1, 0.15) is 11.6 Å². The number of rotatable bonds is 4. The van der Waals surface area contributed by atoms with Crippen LogP contribution in [0.25, 0.3) is 0 Å². The lowest BCUT2D eigenvalue weighted by atomic mass is 10.1. The molecule has 0 saturated heterocycles. The molecule has 18 heavy (non-hydrogen) atoms. The van der Waals surface area contributed by atoms with Crippen molar-refractivity contribution >= 4 is 29.0 Å². The molecule has 2 aromatic rings. The Morgan fingerprint density at radius 2 is 1.94 bits per heavy atom. The molecule has 1 unspecified atom stereocenters. The van der Waals surface area contributed by atoms with Gasteiger partial charge in [0, 0.05) is 0 Å². The van der Waals surface area contributed by atoms with E-state index in [2.05, 4.69) is 15.3 Å². The van der Waals surface area contributed by atoms with Crippen LogP contribution < -0.4 is 5.32 Å². The number of hydrogen-bond donors (Lipinski definition) is 2. The second-order valence-corrected chi connectivity index (χ2v) is 4.37. The summed E-state index contributed by atoms with van der Waals surface area (Å²) in [7, 11) is 0. The van der Waals surface area contributed by atoms with Gasteiger partial charge in [-0.15, -0.1) is 0 Å². The van der Waals surface area contributed by atoms with Gasteiger partial charge in [-0.1, -0.05) is 41.9 Å². The van der Waals surface area contributed by atoms with E-state index in [9.17, 15) is 5.11 Å². The van der Waals surface area contributed by atoms with Crippen LogP contribution in [-0.2, 0) is 0 Å². The number of halogens is 2. The predicted octanol–water partition coefficient (Wildman–Crippen LogP) is 2.93. The first-order valence-corrected chi connectivity index (χ1v) is 6.06. The molecule has 0 aliphatic carbocycles. The Morgan fingerprint density at radius 3 is 2.61 bits per heavy atom. The number of aliphatic hydroxyl groups excluding tert-OH is 1. The average molecular weight is 284 g/mol. The number of aromatic nitrogens is 2. The molecule has 0 saturated carbocycles. The number of nitrogens with zero attached hydrogens (tertiary/aromatic N) is 2. The van der Waals surface area contributed by atoms with Crippen LogP contribution in [0, 0.1) is 0 Å². The van der Waals surface area contributed by atoms with Crippen molar-refractivity contribution in [2.45, 2.75) is 6.04 Å². The summed E-state index contributed by atoms with van der Waals surface area (Å²) in [6, 6.07) is 9.22. The van der Waals surface area contributed by atoms with Gasteiger partial charge in [0.05, 0.1) is 18.8 Å². The Balaban J connectivity index is 2.23. The Morgan fingerprint density at radius 1 is 1.22 bits per heavy atom. The minimum Gasteiger partial charge on any atom is -0.394 e. The maximum Gasteiger partial charge on any atom is 0.224 e. The van der Waals surface area contributed by atoms with Crippen LogP contribution in [0.15, 0.2) is 36.5 Å². The van der Waals surface area contributed by atoms with E-state index < -0.39 is 0 Å². The van der Waals surface area contributed by atoms with Crippen LogP contribution in [0.3, 0.4) is 0 Å². The van der Waals surface area contributed by atoms with Crippen LogP contribution in [0.4, 0.5) is 5.82 Å². The SMILES string of the molecule is OCC(Nc1nc(Cl)ncc1Cl)c1ccccc1. The summed E-state index contributed by atoms with van der Waals surface area (Å²) >= 11 is 11.7. The van der Waals surface area contributed by atoms with E-state index in [4.69, 9.17) is 23.2 Å². The highest BCUT2D eigenvalue weighted by molar-refractivity contribution is 6.33. The van der Waals surface area contributed by atoms with Gasteiger partial charge in [-0.2, -0.15) is 4.98 Å². The van der Waals surface area contributed by atoms with Crippen molar-refractivity contribution in [3.05, 3.63) is 52.4 Å². The van der Waals surface area contributed by atoms with Gasteiger partial charge in [-0.3, -0.25) is 0 Å². The molecular formula is C12H11Cl2N3O. The van der Waals surface area contributed by atoms with Gasteiger partial charge in [0.2, 0.25) is 5.28 Å². The smallest absolute Gasteiger partial charge is 0.224 e. The van der Waals surface area contributed by atoms with Crippen molar-refractivity contribution in [2.75, 3.05) is 11.9 Å². The highest BCUT2D eigenvalue weighted by Crippen LogP contribution is 2.24. The Labute approximate surface area is 115 Å². The molecule has 1 aromatic heterocycles. The standard InChI is InChI=1S/C12H11Cl2N3O/c13-9-6-15-12(14)17-11(9)16-10(7-18)8-4-2-1-3-5-8/h1-6,10,18H,7H2,(H,15,16,17). The third-order valence-corrected chi connectivity index (χ3v) is 2.87. The predicted molar refractivity (Wildman–Crippen MR) is 71.9 cm³/mol. The lowest BCUT2D eigenvalue weighted by Gasteiger charge is -2.17. The second-order valence-electron chi connectivity index (χ2n) is 3.63. The van der Waals surface area contributed by atoms with E-state index in [1.54, 1.807) is 0 Å². The van der Waals surface area contributed by atoms with Crippen LogP contribution in [0.2, 0.25) is 10.3 Å². The lowest BCUT2D eigenvalue weighted by molar-refractivity contribution is 0.276. The first kappa shape index (κ1) is 13.1. The van der Waals surface area contributed by atoms with Crippen molar-refractivity contribution in [1.29, 1.82) is 0 Å². The molecule has 2 rings (SSSR count). The van der Waals surface area contributed by atoms with Gasteiger partial charge in [0.1, 0.15) is 10.8 Å². The van der Waals surface area contributed by atoms with Crippen molar-refractivity contribution in [3.63, 3.8) is 0 Å². The largest absolute Gasteiger partial charge is 0.394 e. The number of benzene rings is 1. The molecule has 94 valence electrons. The number of nitrogens with one attached hydrogen (secondary N) is 1. The average Bonchev–Trinajstić information content (AvgIpc) is 2.41. The molecular weight excluding hydrogens is 273 g/mol. The molecule has 0 aliphatic rings. The highest BCUT2D eigenvalue weighted by atomic mass is 35.5. The summed E-state index contributed by atoms with van der Waals surface area (Å²) in [6.07, 6.45) is 1.42. The summed E-state index contributed by atoms with van der Waals surface area (Å²) < 4.78 is 0. The maximum atomic E-state index is 9.42. The quantitative estimate of drug-likeness (QED) is 0.847. The third kappa shape index (κ3) is 3.10. The fourth-order valence-corrected chi connectivity index (χ4v) is 1.81. The van der Waals surface area contributed by atoms with Crippen molar-refractivity contribution in [3.8, 4) is 0 Å². The molecule has 1 aromatic carbocycles. The zero-order valence-corrected chi connectivity index (χ0v) is 10.9. The Hall–Kier alpha value is -1.36. The van der Waals surface area contributed by atoms with Gasteiger partial charge in [-0.25, -0.2) is 4.98 Å². The molecule has 1 heterocycles. The summed E-state index contributed by atoms with van der Waals surface area (Å²) in [5.41, 5.74) is 0.936. The normalized spacial score (nSPS) is 12.2. The number of hydrogen-bond acceptors (Lipinski definition) is 4. The van der Waals surface area contributed by atoms with Gasteiger partial charge in [0.25, 0.3) is 0 Å². The summed E-state index contributed by atoms with van der Waals surface area (Å²) in [6.45, 7) is -0.0814. The minimum absolute atomic E-state index is 0.0814. The summed E-state index contributed by atoms with van der Waals surface area (Å²) in [5, 5.41) is 12.9. The first-order chi connectivity index (χ1) is 8.70. The molecule has 0 bridgehead atoms. The minimum atomic E-state index is -0.297. The number of aliphatic hydroxyl groups is 1. The van der Waals surface area contributed by atoms with E-state index in [1.807, 2.05) is 30.3 Å². The third-order valence-electron chi connectivity index (χ3n) is 2.41. The monoisotopic (exact) mass is 283 g/mol. The summed E-state index contributed by atoms with van der Waals surface area (Å²) in [4.78, 5) is 7.75. The Bertz CT molecular complexity index is 522. The molecule has 6 heteroatoms. The molecule has 0 aliphatic heterocycles. The van der Waals surface area contributed by atoms with Crippen molar-refractivity contribution in [1.82, 2.24) is 9.97 Å². The van der Waals surface area contributed by atoms with E-state index in [-0.39, 0.29) is 17.9 Å². The molecule has 0 fully saturated rings. The first-order valence-electron chi connectivity index (χ1n) is 5.31. The van der Waals surface area contributed by atoms with Gasteiger partial charge < -0.3 is 10.4 Å². The lowest BCUT2D eigenvalue weighted by Crippen LogP contribution is -2.16. The maximum absolute atomic E-state index is 9.42. The van der Waals surface area contributed by atoms with Gasteiger partial charge in [-0.05, 0) is 17.2 Å². The summed E-state index contributed by atoms with van der Waals surface area (Å²) in [5.74, 6) is 0.402. The topological polar surface area (TPSA) is 58.0 Å². The van der Waals surface area contributed by atoms with Crippen molar-refractivity contribution in [2.24, 2.45) is 0 Å². The van der Waals surface area contributed by atoms with Crippen LogP contribution >= 0.6 is 23.2 Å². The van der Waals surface area contributed by atoms with Crippen LogP contribution in [-0.4, -0.2) is 21.7 Å². The van der Waals surface area contributed by atoms with Crippen molar-refractivity contribution < 1.29 is 5.11 Å². The second kappa shape index (κ2) is 6.00. The molecule has 2 N–H and O–H groups in total. The number of anilines is 1. The van der Waals surface area contributed by atoms with Gasteiger partial charge in [0.15, 0.2) is 0 Å². The molecule has 1 atom stereocenters. The van der Waals surface area contributed by atoms with E-state index in [0.717, 1.165) is 5.56 Å². The Kier molecular flexibility index (Phi) is 4.36. The molecule has 0 radical (unpaired) electrons. The zero-order valence-electron chi connectivity index (χ0n) is 9.35. The van der Waals surface area contributed by atoms with E-state index in [0.29, 0.717) is 10.8 Å². The molecule has 4 nitrogen and oxygen atoms in total. The fraction of sp³-hybridized carbons (Fsp3) is 0.167.